The van der Waals surface area contributed by atoms with E-state index in [0.29, 0.717) is 0 Å². The number of nitrogen functional groups attached to an aromatic ring is 1. The summed E-state index contributed by atoms with van der Waals surface area (Å²) in [5.41, 5.74) is 5.53. The Morgan fingerprint density at radius 1 is 1.22 bits per heavy atom. The largest absolute Gasteiger partial charge is 0.448 e. The third kappa shape index (κ3) is 5.92. The highest BCUT2D eigenvalue weighted by Gasteiger charge is 2.28. The Hall–Kier alpha value is -2.16. The van der Waals surface area contributed by atoms with Gasteiger partial charge in [0.15, 0.2) is 16.7 Å². The molecule has 1 fully saturated rings. The molecule has 4 N–H and O–H groups in total. The number of hydrogen-bond donors (Lipinski definition) is 3. The predicted octanol–water partition coefficient (Wildman–Crippen LogP) is 2.25. The Morgan fingerprint density at radius 3 is 2.44 bits per heavy atom. The lowest BCUT2D eigenvalue weighted by molar-refractivity contribution is -0.130. The number of rotatable bonds is 5. The first-order valence-corrected chi connectivity index (χ1v) is 9.95. The van der Waals surface area contributed by atoms with E-state index < -0.39 is 23.5 Å². The number of aromatic nitrogens is 1. The Kier molecular flexibility index (Phi) is 6.80. The summed E-state index contributed by atoms with van der Waals surface area (Å²) < 4.78 is 9.19. The van der Waals surface area contributed by atoms with Gasteiger partial charge in [-0.2, -0.15) is 4.37 Å². The normalized spacial score (nSPS) is 16.4. The summed E-state index contributed by atoms with van der Waals surface area (Å²) in [6.45, 7) is 6.97. The van der Waals surface area contributed by atoms with E-state index in [4.69, 9.17) is 10.5 Å². The molecule has 1 atom stereocenters. The van der Waals surface area contributed by atoms with Crippen molar-refractivity contribution in [1.29, 1.82) is 0 Å². The topological polar surface area (TPSA) is 123 Å². The predicted molar refractivity (Wildman–Crippen MR) is 104 cm³/mol. The molecule has 1 saturated carbocycles. The van der Waals surface area contributed by atoms with E-state index in [1.54, 1.807) is 0 Å². The molecule has 8 nitrogen and oxygen atoms in total. The van der Waals surface area contributed by atoms with Gasteiger partial charge in [-0.3, -0.25) is 9.59 Å². The van der Waals surface area contributed by atoms with Crippen LogP contribution in [0.25, 0.3) is 0 Å². The van der Waals surface area contributed by atoms with Gasteiger partial charge in [-0.1, -0.05) is 19.3 Å². The molecular formula is C18H28N4O4S. The molecule has 27 heavy (non-hydrogen) atoms. The molecule has 0 spiro atoms. The molecule has 1 aliphatic rings. The summed E-state index contributed by atoms with van der Waals surface area (Å²) in [6.07, 6.45) is 4.24. The fourth-order valence-electron chi connectivity index (χ4n) is 2.85. The number of amides is 2. The average molecular weight is 397 g/mol. The van der Waals surface area contributed by atoms with Gasteiger partial charge in [-0.05, 0) is 52.1 Å². The zero-order chi connectivity index (χ0) is 20.2. The van der Waals surface area contributed by atoms with E-state index in [9.17, 15) is 14.4 Å². The van der Waals surface area contributed by atoms with Gasteiger partial charge in [-0.15, -0.1) is 0 Å². The Balaban J connectivity index is 1.99. The van der Waals surface area contributed by atoms with Gasteiger partial charge in [0.25, 0.3) is 11.8 Å². The monoisotopic (exact) mass is 396 g/mol. The third-order valence-corrected chi connectivity index (χ3v) is 5.06. The van der Waals surface area contributed by atoms with Crippen molar-refractivity contribution in [2.24, 2.45) is 0 Å². The van der Waals surface area contributed by atoms with Crippen LogP contribution in [-0.4, -0.2) is 39.8 Å². The fraction of sp³-hybridized carbons (Fsp3) is 0.667. The van der Waals surface area contributed by atoms with Crippen LogP contribution in [0.1, 0.15) is 80.0 Å². The molecule has 9 heteroatoms. The standard InChI is InChI=1S/C18H28N4O4S/c1-10(15(23)21-18(2,3)4)26-17(25)14-12(19)13(22-27-14)16(24)20-11-8-6-5-7-9-11/h10-11H,5-9,19H2,1-4H3,(H,20,24)(H,21,23)/t10-/m1/s1. The molecule has 2 rings (SSSR count). The fourth-order valence-corrected chi connectivity index (χ4v) is 3.53. The smallest absolute Gasteiger partial charge is 0.352 e. The molecule has 0 aliphatic heterocycles. The number of carbonyl (C=O) groups excluding carboxylic acids is 3. The van der Waals surface area contributed by atoms with Gasteiger partial charge in [0.05, 0.1) is 5.69 Å². The Bertz CT molecular complexity index is 705. The van der Waals surface area contributed by atoms with Gasteiger partial charge in [0.1, 0.15) is 0 Å². The van der Waals surface area contributed by atoms with Crippen molar-refractivity contribution in [2.75, 3.05) is 5.73 Å². The molecular weight excluding hydrogens is 368 g/mol. The van der Waals surface area contributed by atoms with E-state index >= 15 is 0 Å². The van der Waals surface area contributed by atoms with Gasteiger partial charge in [0, 0.05) is 11.6 Å². The zero-order valence-electron chi connectivity index (χ0n) is 16.3. The van der Waals surface area contributed by atoms with Crippen molar-refractivity contribution in [1.82, 2.24) is 15.0 Å². The summed E-state index contributed by atoms with van der Waals surface area (Å²) in [5, 5.41) is 5.66. The molecule has 0 unspecified atom stereocenters. The number of anilines is 1. The molecule has 0 saturated heterocycles. The lowest BCUT2D eigenvalue weighted by Gasteiger charge is -2.23. The molecule has 1 heterocycles. The third-order valence-electron chi connectivity index (χ3n) is 4.22. The van der Waals surface area contributed by atoms with Crippen LogP contribution < -0.4 is 16.4 Å². The van der Waals surface area contributed by atoms with Crippen LogP contribution >= 0.6 is 11.5 Å². The van der Waals surface area contributed by atoms with Gasteiger partial charge in [-0.25, -0.2) is 4.79 Å². The maximum Gasteiger partial charge on any atom is 0.352 e. The second-order valence-corrected chi connectivity index (χ2v) is 8.64. The van der Waals surface area contributed by atoms with Crippen LogP contribution in [-0.2, 0) is 9.53 Å². The average Bonchev–Trinajstić information content (AvgIpc) is 2.96. The van der Waals surface area contributed by atoms with E-state index in [2.05, 4.69) is 15.0 Å². The molecule has 1 aromatic rings. The summed E-state index contributed by atoms with van der Waals surface area (Å²) in [7, 11) is 0. The highest BCUT2D eigenvalue weighted by Crippen LogP contribution is 2.24. The van der Waals surface area contributed by atoms with Gasteiger partial charge >= 0.3 is 5.97 Å². The van der Waals surface area contributed by atoms with Crippen molar-refractivity contribution in [3.05, 3.63) is 10.6 Å². The van der Waals surface area contributed by atoms with Crippen LogP contribution in [0.15, 0.2) is 0 Å². The summed E-state index contributed by atoms with van der Waals surface area (Å²) >= 11 is 0.799. The Morgan fingerprint density at radius 2 is 1.85 bits per heavy atom. The molecule has 1 aliphatic carbocycles. The van der Waals surface area contributed by atoms with Gasteiger partial charge in [0.2, 0.25) is 0 Å². The SMILES string of the molecule is C[C@@H](OC(=O)c1snc(C(=O)NC2CCCCC2)c1N)C(=O)NC(C)(C)C. The first-order chi connectivity index (χ1) is 12.6. The lowest BCUT2D eigenvalue weighted by Crippen LogP contribution is -2.46. The zero-order valence-corrected chi connectivity index (χ0v) is 17.1. The first kappa shape index (κ1) is 21.1. The number of esters is 1. The van der Waals surface area contributed by atoms with Crippen LogP contribution in [0.5, 0.6) is 0 Å². The van der Waals surface area contributed by atoms with Crippen molar-refractivity contribution in [3.8, 4) is 0 Å². The minimum absolute atomic E-state index is 0.0123. The highest BCUT2D eigenvalue weighted by molar-refractivity contribution is 7.08. The van der Waals surface area contributed by atoms with E-state index in [1.807, 2.05) is 20.8 Å². The number of hydrogen-bond acceptors (Lipinski definition) is 7. The summed E-state index contributed by atoms with van der Waals surface area (Å²) in [4.78, 5) is 36.8. The maximum atomic E-state index is 12.4. The number of nitrogens with zero attached hydrogens (tertiary/aromatic N) is 1. The molecule has 0 bridgehead atoms. The summed E-state index contributed by atoms with van der Waals surface area (Å²) in [6, 6.07) is 0.115. The number of ether oxygens (including phenoxy) is 1. The van der Waals surface area contributed by atoms with E-state index in [0.717, 1.165) is 37.2 Å². The maximum absolute atomic E-state index is 12.4. The first-order valence-electron chi connectivity index (χ1n) is 9.17. The number of nitrogens with one attached hydrogen (secondary N) is 2. The van der Waals surface area contributed by atoms with Crippen LogP contribution in [0, 0.1) is 0 Å². The molecule has 150 valence electrons. The molecule has 0 radical (unpaired) electrons. The minimum atomic E-state index is -0.988. The van der Waals surface area contributed by atoms with Crippen LogP contribution in [0.2, 0.25) is 0 Å². The quantitative estimate of drug-likeness (QED) is 0.656. The minimum Gasteiger partial charge on any atom is -0.448 e. The van der Waals surface area contributed by atoms with Crippen molar-refractivity contribution in [3.63, 3.8) is 0 Å². The van der Waals surface area contributed by atoms with E-state index in [-0.39, 0.29) is 28.2 Å². The second kappa shape index (κ2) is 8.69. The Labute approximate surface area is 163 Å². The van der Waals surface area contributed by atoms with Crippen molar-refractivity contribution < 1.29 is 19.1 Å². The van der Waals surface area contributed by atoms with E-state index in [1.165, 1.54) is 13.3 Å². The number of carbonyl (C=O) groups is 3. The van der Waals surface area contributed by atoms with Crippen molar-refractivity contribution in [2.45, 2.75) is 77.5 Å². The molecule has 2 amide bonds. The summed E-state index contributed by atoms with van der Waals surface area (Å²) in [5.74, 6) is -1.55. The van der Waals surface area contributed by atoms with Crippen molar-refractivity contribution >= 4 is 35.0 Å². The lowest BCUT2D eigenvalue weighted by atomic mass is 9.95. The molecule has 1 aromatic heterocycles. The second-order valence-electron chi connectivity index (χ2n) is 7.87. The highest BCUT2D eigenvalue weighted by atomic mass is 32.1. The van der Waals surface area contributed by atoms with Crippen LogP contribution in [0.3, 0.4) is 0 Å². The van der Waals surface area contributed by atoms with Crippen LogP contribution in [0.4, 0.5) is 5.69 Å². The molecule has 0 aromatic carbocycles. The number of nitrogens with two attached hydrogens (primary N) is 1. The van der Waals surface area contributed by atoms with Gasteiger partial charge < -0.3 is 21.1 Å².